The summed E-state index contributed by atoms with van der Waals surface area (Å²) in [6.07, 6.45) is 1.52. The minimum absolute atomic E-state index is 0.454. The van der Waals surface area contributed by atoms with Crippen LogP contribution < -0.4 is 0 Å². The van der Waals surface area contributed by atoms with Crippen LogP contribution in [0.15, 0.2) is 30.3 Å². The van der Waals surface area contributed by atoms with Crippen molar-refractivity contribution in [3.63, 3.8) is 0 Å². The van der Waals surface area contributed by atoms with Crippen molar-refractivity contribution in [2.75, 3.05) is 27.7 Å². The van der Waals surface area contributed by atoms with Crippen LogP contribution >= 0.6 is 0 Å². The molecule has 1 rings (SSSR count). The zero-order chi connectivity index (χ0) is 12.9. The second kappa shape index (κ2) is 5.59. The van der Waals surface area contributed by atoms with Crippen molar-refractivity contribution in [2.24, 2.45) is 0 Å². The van der Waals surface area contributed by atoms with Gasteiger partial charge in [-0.2, -0.15) is 0 Å². The molecule has 4 nitrogen and oxygen atoms in total. The Bertz CT molecular complexity index is 378. The van der Waals surface area contributed by atoms with Crippen molar-refractivity contribution in [2.45, 2.75) is 5.54 Å². The summed E-state index contributed by atoms with van der Waals surface area (Å²) in [4.78, 5) is 25.9. The molecule has 0 bridgehead atoms. The Morgan fingerprint density at radius 2 is 1.71 bits per heavy atom. The molecule has 0 N–H and O–H groups in total. The summed E-state index contributed by atoms with van der Waals surface area (Å²) in [6.45, 7) is 0.454. The number of hydrogen-bond donors (Lipinski definition) is 0. The number of hydrogen-bond acceptors (Lipinski definition) is 3. The molecule has 1 atom stereocenters. The number of rotatable bonds is 6. The second-order valence-corrected chi connectivity index (χ2v) is 4.36. The molecule has 4 heteroatoms. The third-order valence-electron chi connectivity index (χ3n) is 2.81. The summed E-state index contributed by atoms with van der Waals surface area (Å²) < 4.78 is 0. The lowest BCUT2D eigenvalue weighted by molar-refractivity contribution is -0.131. The zero-order valence-electron chi connectivity index (χ0n) is 10.5. The number of nitrogens with zero attached hydrogens (tertiary/aromatic N) is 2. The van der Waals surface area contributed by atoms with E-state index in [2.05, 4.69) is 0 Å². The molecule has 92 valence electrons. The fourth-order valence-corrected chi connectivity index (χ4v) is 1.90. The van der Waals surface area contributed by atoms with Crippen LogP contribution in [0, 0.1) is 0 Å². The molecular weight excluding hydrogens is 216 g/mol. The Kier molecular flexibility index (Phi) is 4.40. The van der Waals surface area contributed by atoms with Gasteiger partial charge in [0.2, 0.25) is 6.41 Å². The van der Waals surface area contributed by atoms with Gasteiger partial charge in [-0.05, 0) is 19.7 Å². The van der Waals surface area contributed by atoms with Crippen molar-refractivity contribution in [1.82, 2.24) is 9.80 Å². The molecule has 0 radical (unpaired) electrons. The van der Waals surface area contributed by atoms with E-state index in [1.165, 1.54) is 4.90 Å². The van der Waals surface area contributed by atoms with Crippen molar-refractivity contribution in [3.05, 3.63) is 35.9 Å². The van der Waals surface area contributed by atoms with Crippen LogP contribution in [0.4, 0.5) is 0 Å². The standard InChI is InChI=1S/C13H18N2O2/c1-14(2)9-13(10-16,15(3)11-17)12-7-5-4-6-8-12/h4-8,10-11H,9H2,1-3H3. The third-order valence-corrected chi connectivity index (χ3v) is 2.81. The van der Waals surface area contributed by atoms with E-state index in [9.17, 15) is 9.59 Å². The van der Waals surface area contributed by atoms with Gasteiger partial charge in [0.15, 0.2) is 6.29 Å². The summed E-state index contributed by atoms with van der Waals surface area (Å²) >= 11 is 0. The summed E-state index contributed by atoms with van der Waals surface area (Å²) in [5.41, 5.74) is -0.106. The normalized spacial score (nSPS) is 14.1. The molecule has 0 saturated heterocycles. The van der Waals surface area contributed by atoms with Crippen LogP contribution in [0.1, 0.15) is 5.56 Å². The first-order valence-electron chi connectivity index (χ1n) is 5.41. The minimum Gasteiger partial charge on any atom is -0.331 e. The van der Waals surface area contributed by atoms with Crippen LogP contribution in [0.5, 0.6) is 0 Å². The van der Waals surface area contributed by atoms with Gasteiger partial charge < -0.3 is 14.6 Å². The monoisotopic (exact) mass is 234 g/mol. The molecule has 0 aliphatic rings. The quantitative estimate of drug-likeness (QED) is 0.681. The highest BCUT2D eigenvalue weighted by atomic mass is 16.1. The first-order valence-corrected chi connectivity index (χ1v) is 5.41. The van der Waals surface area contributed by atoms with Gasteiger partial charge >= 0.3 is 0 Å². The highest BCUT2D eigenvalue weighted by Gasteiger charge is 2.36. The number of carbonyl (C=O) groups is 2. The molecule has 0 fully saturated rings. The van der Waals surface area contributed by atoms with Crippen LogP contribution in [-0.2, 0) is 15.1 Å². The van der Waals surface area contributed by atoms with E-state index < -0.39 is 5.54 Å². The number of aldehydes is 1. The number of benzene rings is 1. The Labute approximate surface area is 102 Å². The fourth-order valence-electron chi connectivity index (χ4n) is 1.90. The molecular formula is C13H18N2O2. The van der Waals surface area contributed by atoms with Gasteiger partial charge in [0, 0.05) is 13.6 Å². The average molecular weight is 234 g/mol. The molecule has 1 amide bonds. The second-order valence-electron chi connectivity index (χ2n) is 4.36. The number of likely N-dealkylation sites (N-methyl/N-ethyl adjacent to an activating group) is 2. The van der Waals surface area contributed by atoms with Gasteiger partial charge in [0.1, 0.15) is 5.54 Å². The Morgan fingerprint density at radius 3 is 2.12 bits per heavy atom. The van der Waals surface area contributed by atoms with Gasteiger partial charge in [-0.1, -0.05) is 30.3 Å². The van der Waals surface area contributed by atoms with Gasteiger partial charge in [-0.25, -0.2) is 0 Å². The molecule has 1 aromatic rings. The van der Waals surface area contributed by atoms with E-state index in [1.807, 2.05) is 49.3 Å². The van der Waals surface area contributed by atoms with Gasteiger partial charge in [0.25, 0.3) is 0 Å². The molecule has 0 aliphatic heterocycles. The van der Waals surface area contributed by atoms with Crippen molar-refractivity contribution < 1.29 is 9.59 Å². The van der Waals surface area contributed by atoms with Gasteiger partial charge in [0.05, 0.1) is 0 Å². The number of carbonyl (C=O) groups excluding carboxylic acids is 2. The molecule has 0 heterocycles. The van der Waals surface area contributed by atoms with Crippen LogP contribution in [0.2, 0.25) is 0 Å². The predicted octanol–water partition coefficient (Wildman–Crippen LogP) is 0.731. The van der Waals surface area contributed by atoms with E-state index in [1.54, 1.807) is 7.05 Å². The Balaban J connectivity index is 3.25. The third kappa shape index (κ3) is 2.71. The molecule has 0 aliphatic carbocycles. The maximum atomic E-state index is 11.5. The van der Waals surface area contributed by atoms with E-state index in [-0.39, 0.29) is 0 Å². The van der Waals surface area contributed by atoms with Gasteiger partial charge in [-0.15, -0.1) is 0 Å². The van der Waals surface area contributed by atoms with Crippen molar-refractivity contribution in [3.8, 4) is 0 Å². The van der Waals surface area contributed by atoms with Gasteiger partial charge in [-0.3, -0.25) is 4.79 Å². The SMILES string of the molecule is CN(C)CC(C=O)(c1ccccc1)N(C)C=O. The lowest BCUT2D eigenvalue weighted by Crippen LogP contribution is -2.51. The highest BCUT2D eigenvalue weighted by molar-refractivity contribution is 5.72. The Hall–Kier alpha value is -1.68. The summed E-state index contributed by atoms with van der Waals surface area (Å²) in [5.74, 6) is 0. The summed E-state index contributed by atoms with van der Waals surface area (Å²) in [6, 6.07) is 9.33. The highest BCUT2D eigenvalue weighted by Crippen LogP contribution is 2.25. The van der Waals surface area contributed by atoms with E-state index in [0.717, 1.165) is 11.8 Å². The lowest BCUT2D eigenvalue weighted by atomic mass is 9.89. The van der Waals surface area contributed by atoms with Crippen molar-refractivity contribution >= 4 is 12.7 Å². The maximum absolute atomic E-state index is 11.5. The molecule has 0 spiro atoms. The first-order chi connectivity index (χ1) is 8.06. The first kappa shape index (κ1) is 13.4. The van der Waals surface area contributed by atoms with Crippen molar-refractivity contribution in [1.29, 1.82) is 0 Å². The predicted molar refractivity (Wildman–Crippen MR) is 66.6 cm³/mol. The zero-order valence-corrected chi connectivity index (χ0v) is 10.5. The molecule has 1 aromatic carbocycles. The van der Waals surface area contributed by atoms with Crippen LogP contribution in [0.3, 0.4) is 0 Å². The molecule has 17 heavy (non-hydrogen) atoms. The van der Waals surface area contributed by atoms with Crippen LogP contribution in [0.25, 0.3) is 0 Å². The smallest absolute Gasteiger partial charge is 0.210 e. The van der Waals surface area contributed by atoms with E-state index >= 15 is 0 Å². The number of amides is 1. The summed E-state index contributed by atoms with van der Waals surface area (Å²) in [7, 11) is 5.37. The average Bonchev–Trinajstić information content (AvgIpc) is 2.35. The molecule has 0 aromatic heterocycles. The minimum atomic E-state index is -0.924. The maximum Gasteiger partial charge on any atom is 0.210 e. The lowest BCUT2D eigenvalue weighted by Gasteiger charge is -2.37. The molecule has 0 saturated carbocycles. The topological polar surface area (TPSA) is 40.6 Å². The van der Waals surface area contributed by atoms with E-state index in [4.69, 9.17) is 0 Å². The molecule has 1 unspecified atom stereocenters. The Morgan fingerprint density at radius 1 is 1.12 bits per heavy atom. The fraction of sp³-hybridized carbons (Fsp3) is 0.385. The summed E-state index contributed by atoms with van der Waals surface area (Å²) in [5, 5.41) is 0. The van der Waals surface area contributed by atoms with Crippen LogP contribution in [-0.4, -0.2) is 50.2 Å². The largest absolute Gasteiger partial charge is 0.331 e. The van der Waals surface area contributed by atoms with E-state index in [0.29, 0.717) is 13.0 Å².